The molecule has 0 radical (unpaired) electrons. The summed E-state index contributed by atoms with van der Waals surface area (Å²) in [6.45, 7) is 8.07. The first-order chi connectivity index (χ1) is 7.77. The van der Waals surface area contributed by atoms with Gasteiger partial charge < -0.3 is 14.6 Å². The molecule has 0 bridgehead atoms. The molecule has 0 spiro atoms. The van der Waals surface area contributed by atoms with E-state index >= 15 is 0 Å². The Balaban J connectivity index is 3.58. The third-order valence-electron chi connectivity index (χ3n) is 3.62. The number of aromatic nitrogens is 1. The molecule has 17 heavy (non-hydrogen) atoms. The molecule has 0 unspecified atom stereocenters. The number of ether oxygens (including phenoxy) is 1. The normalized spacial score (nSPS) is 11.7. The molecule has 0 saturated heterocycles. The molecule has 0 aliphatic heterocycles. The minimum absolute atomic E-state index is 0.264. The summed E-state index contributed by atoms with van der Waals surface area (Å²) in [4.78, 5) is 11.9. The molecule has 1 aromatic heterocycles. The highest BCUT2D eigenvalue weighted by molar-refractivity contribution is 5.93. The van der Waals surface area contributed by atoms with Gasteiger partial charge in [0.05, 0.1) is 12.7 Å². The number of methoxy groups -OCH3 is 1. The molecule has 1 rings (SSSR count). The number of rotatable bonds is 3. The van der Waals surface area contributed by atoms with Gasteiger partial charge in [0.25, 0.3) is 0 Å². The van der Waals surface area contributed by atoms with Crippen LogP contribution < -0.4 is 5.32 Å². The number of nitrogens with one attached hydrogen (secondary N) is 1. The van der Waals surface area contributed by atoms with Crippen LogP contribution in [-0.2, 0) is 17.3 Å². The molecule has 0 saturated carbocycles. The molecule has 4 nitrogen and oxygen atoms in total. The predicted molar refractivity (Wildman–Crippen MR) is 68.3 cm³/mol. The molecule has 1 aromatic rings. The summed E-state index contributed by atoms with van der Waals surface area (Å²) in [5.41, 5.74) is 3.44. The molecular formula is C13H22N2O2. The van der Waals surface area contributed by atoms with E-state index in [9.17, 15) is 4.79 Å². The lowest BCUT2D eigenvalue weighted by molar-refractivity contribution is 0.0596. The van der Waals surface area contributed by atoms with Crippen molar-refractivity contribution in [3.63, 3.8) is 0 Å². The molecule has 0 atom stereocenters. The lowest BCUT2D eigenvalue weighted by Crippen LogP contribution is -2.35. The first-order valence-corrected chi connectivity index (χ1v) is 5.71. The van der Waals surface area contributed by atoms with Crippen LogP contribution in [0.2, 0.25) is 0 Å². The predicted octanol–water partition coefficient (Wildman–Crippen LogP) is 1.88. The van der Waals surface area contributed by atoms with Crippen molar-refractivity contribution in [2.45, 2.75) is 33.2 Å². The number of carbonyl (C=O) groups is 1. The summed E-state index contributed by atoms with van der Waals surface area (Å²) >= 11 is 0. The van der Waals surface area contributed by atoms with Crippen LogP contribution in [0.15, 0.2) is 0 Å². The van der Waals surface area contributed by atoms with E-state index in [1.807, 2.05) is 32.5 Å². The third kappa shape index (κ3) is 2.09. The first-order valence-electron chi connectivity index (χ1n) is 5.71. The van der Waals surface area contributed by atoms with Crippen LogP contribution in [0.1, 0.15) is 41.2 Å². The zero-order chi connectivity index (χ0) is 13.4. The second-order valence-electron chi connectivity index (χ2n) is 4.85. The van der Waals surface area contributed by atoms with Crippen LogP contribution in [0.25, 0.3) is 0 Å². The summed E-state index contributed by atoms with van der Waals surface area (Å²) in [6, 6.07) is 0. The lowest BCUT2D eigenvalue weighted by Gasteiger charge is -2.26. The molecule has 96 valence electrons. The van der Waals surface area contributed by atoms with Gasteiger partial charge in [0.15, 0.2) is 0 Å². The zero-order valence-electron chi connectivity index (χ0n) is 11.8. The Morgan fingerprint density at radius 1 is 1.29 bits per heavy atom. The smallest absolute Gasteiger partial charge is 0.340 e. The Morgan fingerprint density at radius 3 is 2.24 bits per heavy atom. The minimum Gasteiger partial charge on any atom is -0.465 e. The Kier molecular flexibility index (Phi) is 3.67. The fourth-order valence-corrected chi connectivity index (χ4v) is 2.19. The van der Waals surface area contributed by atoms with Gasteiger partial charge in [0, 0.05) is 29.5 Å². The van der Waals surface area contributed by atoms with Gasteiger partial charge in [0.1, 0.15) is 0 Å². The minimum atomic E-state index is -0.274. The van der Waals surface area contributed by atoms with Crippen molar-refractivity contribution in [2.75, 3.05) is 14.2 Å². The quantitative estimate of drug-likeness (QED) is 0.818. The van der Waals surface area contributed by atoms with E-state index in [1.165, 1.54) is 7.11 Å². The fourth-order valence-electron chi connectivity index (χ4n) is 2.19. The highest BCUT2D eigenvalue weighted by Gasteiger charge is 2.31. The van der Waals surface area contributed by atoms with Gasteiger partial charge in [-0.3, -0.25) is 0 Å². The van der Waals surface area contributed by atoms with E-state index in [0.717, 1.165) is 17.0 Å². The van der Waals surface area contributed by atoms with Gasteiger partial charge in [-0.15, -0.1) is 0 Å². The molecule has 0 fully saturated rings. The molecule has 0 amide bonds. The molecule has 0 aliphatic carbocycles. The van der Waals surface area contributed by atoms with Crippen LogP contribution in [-0.4, -0.2) is 24.7 Å². The van der Waals surface area contributed by atoms with Crippen molar-refractivity contribution in [3.05, 3.63) is 22.5 Å². The van der Waals surface area contributed by atoms with Gasteiger partial charge in [-0.1, -0.05) is 0 Å². The number of hydrogen-bond donors (Lipinski definition) is 1. The molecule has 4 heteroatoms. The van der Waals surface area contributed by atoms with E-state index in [-0.39, 0.29) is 11.5 Å². The maximum absolute atomic E-state index is 11.9. The van der Waals surface area contributed by atoms with E-state index in [2.05, 4.69) is 19.2 Å². The molecule has 0 aliphatic rings. The maximum atomic E-state index is 11.9. The molecule has 1 heterocycles. The molecular weight excluding hydrogens is 216 g/mol. The highest BCUT2D eigenvalue weighted by Crippen LogP contribution is 2.31. The summed E-state index contributed by atoms with van der Waals surface area (Å²) in [7, 11) is 5.27. The maximum Gasteiger partial charge on any atom is 0.340 e. The van der Waals surface area contributed by atoms with Gasteiger partial charge in [-0.2, -0.15) is 0 Å². The zero-order valence-corrected chi connectivity index (χ0v) is 11.8. The van der Waals surface area contributed by atoms with Crippen LogP contribution >= 0.6 is 0 Å². The average molecular weight is 238 g/mol. The van der Waals surface area contributed by atoms with Gasteiger partial charge in [-0.25, -0.2) is 4.79 Å². The largest absolute Gasteiger partial charge is 0.465 e. The second-order valence-corrected chi connectivity index (χ2v) is 4.85. The number of esters is 1. The lowest BCUT2D eigenvalue weighted by atomic mass is 9.90. The Labute approximate surface area is 103 Å². The van der Waals surface area contributed by atoms with Crippen LogP contribution in [0.4, 0.5) is 0 Å². The Morgan fingerprint density at radius 2 is 1.82 bits per heavy atom. The number of nitrogens with zero attached hydrogens (tertiary/aromatic N) is 1. The van der Waals surface area contributed by atoms with E-state index < -0.39 is 0 Å². The van der Waals surface area contributed by atoms with Crippen molar-refractivity contribution < 1.29 is 9.53 Å². The SMILES string of the molecule is CNC(C)(C)c1c(C(=O)OC)c(C)n(C)c1C. The summed E-state index contributed by atoms with van der Waals surface area (Å²) in [5, 5.41) is 3.24. The van der Waals surface area contributed by atoms with Gasteiger partial charge >= 0.3 is 5.97 Å². The third-order valence-corrected chi connectivity index (χ3v) is 3.62. The number of hydrogen-bond acceptors (Lipinski definition) is 3. The fraction of sp³-hybridized carbons (Fsp3) is 0.615. The Hall–Kier alpha value is -1.29. The number of carbonyl (C=O) groups excluding carboxylic acids is 1. The topological polar surface area (TPSA) is 43.3 Å². The van der Waals surface area contributed by atoms with Crippen molar-refractivity contribution in [1.82, 2.24) is 9.88 Å². The monoisotopic (exact) mass is 238 g/mol. The van der Waals surface area contributed by atoms with Crippen molar-refractivity contribution >= 4 is 5.97 Å². The first kappa shape index (κ1) is 13.8. The van der Waals surface area contributed by atoms with Crippen molar-refractivity contribution in [2.24, 2.45) is 7.05 Å². The van der Waals surface area contributed by atoms with E-state index in [1.54, 1.807) is 0 Å². The summed E-state index contributed by atoms with van der Waals surface area (Å²) in [5.74, 6) is -0.274. The van der Waals surface area contributed by atoms with E-state index in [0.29, 0.717) is 5.56 Å². The van der Waals surface area contributed by atoms with Crippen molar-refractivity contribution in [1.29, 1.82) is 0 Å². The highest BCUT2D eigenvalue weighted by atomic mass is 16.5. The molecule has 1 N–H and O–H groups in total. The van der Waals surface area contributed by atoms with Crippen LogP contribution in [0.5, 0.6) is 0 Å². The average Bonchev–Trinajstić information content (AvgIpc) is 2.53. The van der Waals surface area contributed by atoms with Crippen LogP contribution in [0, 0.1) is 13.8 Å². The van der Waals surface area contributed by atoms with Crippen molar-refractivity contribution in [3.8, 4) is 0 Å². The van der Waals surface area contributed by atoms with Crippen LogP contribution in [0.3, 0.4) is 0 Å². The standard InChI is InChI=1S/C13H22N2O2/c1-8-10(12(16)17-7)11(9(2)15(8)6)13(3,4)14-5/h14H,1-7H3. The molecule has 0 aromatic carbocycles. The van der Waals surface area contributed by atoms with E-state index in [4.69, 9.17) is 4.74 Å². The summed E-state index contributed by atoms with van der Waals surface area (Å²) < 4.78 is 6.91. The van der Waals surface area contributed by atoms with Gasteiger partial charge in [0.2, 0.25) is 0 Å². The second kappa shape index (κ2) is 4.53. The van der Waals surface area contributed by atoms with Gasteiger partial charge in [-0.05, 0) is 34.7 Å². The summed E-state index contributed by atoms with van der Waals surface area (Å²) in [6.07, 6.45) is 0. The Bertz CT molecular complexity index is 445.